The van der Waals surface area contributed by atoms with Crippen LogP contribution in [0.5, 0.6) is 0 Å². The molecule has 4 heteroatoms. The van der Waals surface area contributed by atoms with E-state index in [0.29, 0.717) is 6.04 Å². The van der Waals surface area contributed by atoms with Crippen LogP contribution in [0.2, 0.25) is 6.82 Å². The van der Waals surface area contributed by atoms with E-state index in [1.165, 1.54) is 11.1 Å². The van der Waals surface area contributed by atoms with E-state index in [1.807, 2.05) is 6.82 Å². The molecule has 0 aromatic heterocycles. The van der Waals surface area contributed by atoms with Crippen molar-refractivity contribution in [2.24, 2.45) is 0 Å². The molecule has 1 aromatic carbocycles. The average molecular weight is 231 g/mol. The number of ether oxygens (including phenoxy) is 1. The Bertz CT molecular complexity index is 420. The van der Waals surface area contributed by atoms with Gasteiger partial charge in [0.15, 0.2) is 0 Å². The van der Waals surface area contributed by atoms with Gasteiger partial charge in [0, 0.05) is 12.6 Å². The first-order valence-corrected chi connectivity index (χ1v) is 6.26. The van der Waals surface area contributed by atoms with Gasteiger partial charge < -0.3 is 14.6 Å². The quantitative estimate of drug-likeness (QED) is 0.781. The maximum atomic E-state index is 9.75. The number of fused-ring (bicyclic) bond motifs is 2. The molecule has 1 aromatic rings. The molecule has 0 spiro atoms. The van der Waals surface area contributed by atoms with Crippen molar-refractivity contribution in [3.63, 3.8) is 0 Å². The Labute approximate surface area is 103 Å². The summed E-state index contributed by atoms with van der Waals surface area (Å²) in [5.41, 5.74) is 2.33. The molecule has 0 amide bonds. The predicted molar refractivity (Wildman–Crippen MR) is 67.8 cm³/mol. The van der Waals surface area contributed by atoms with Gasteiger partial charge in [0.2, 0.25) is 0 Å². The molecule has 2 saturated heterocycles. The summed E-state index contributed by atoms with van der Waals surface area (Å²) in [6.07, 6.45) is 1.00. The average Bonchev–Trinajstić information content (AvgIpc) is 2.88. The minimum atomic E-state index is -0.378. The van der Waals surface area contributed by atoms with Gasteiger partial charge in [-0.15, -0.1) is 0 Å². The molecular formula is C13H18BNO2. The maximum Gasteiger partial charge on any atom is 0.376 e. The third-order valence-corrected chi connectivity index (χ3v) is 4.08. The fraction of sp³-hybridized carbons (Fsp3) is 0.538. The number of morpholine rings is 1. The normalized spacial score (nSPS) is 32.1. The van der Waals surface area contributed by atoms with Crippen LogP contribution in [0.1, 0.15) is 17.5 Å². The third-order valence-electron chi connectivity index (χ3n) is 4.08. The minimum absolute atomic E-state index is 0.185. The van der Waals surface area contributed by atoms with Crippen LogP contribution in [-0.4, -0.2) is 36.1 Å². The molecule has 0 saturated carbocycles. The number of nitrogens with zero attached hydrogens (tertiary/aromatic N) is 1. The van der Waals surface area contributed by atoms with E-state index in [4.69, 9.17) is 4.74 Å². The first kappa shape index (κ1) is 11.3. The number of rotatable bonds is 2. The van der Waals surface area contributed by atoms with Gasteiger partial charge in [0.25, 0.3) is 0 Å². The Balaban J connectivity index is 1.90. The van der Waals surface area contributed by atoms with Crippen molar-refractivity contribution in [2.75, 3.05) is 13.2 Å². The van der Waals surface area contributed by atoms with Crippen molar-refractivity contribution >= 4 is 7.05 Å². The Morgan fingerprint density at radius 3 is 2.71 bits per heavy atom. The van der Waals surface area contributed by atoms with Gasteiger partial charge in [0.05, 0.1) is 6.61 Å². The van der Waals surface area contributed by atoms with E-state index in [9.17, 15) is 5.02 Å². The van der Waals surface area contributed by atoms with Crippen LogP contribution in [0.25, 0.3) is 0 Å². The van der Waals surface area contributed by atoms with Gasteiger partial charge in [-0.05, 0) is 25.7 Å². The van der Waals surface area contributed by atoms with Gasteiger partial charge in [-0.3, -0.25) is 0 Å². The lowest BCUT2D eigenvalue weighted by Gasteiger charge is -2.33. The predicted octanol–water partition coefficient (Wildman–Crippen LogP) is 1.41. The smallest absolute Gasteiger partial charge is 0.376 e. The van der Waals surface area contributed by atoms with Crippen molar-refractivity contribution in [3.8, 4) is 0 Å². The number of aryl methyl sites for hydroxylation is 1. The van der Waals surface area contributed by atoms with Crippen LogP contribution in [0.4, 0.5) is 0 Å². The zero-order valence-electron chi connectivity index (χ0n) is 10.4. The molecule has 3 rings (SSSR count). The van der Waals surface area contributed by atoms with Gasteiger partial charge in [-0.25, -0.2) is 0 Å². The molecule has 1 N–H and O–H groups in total. The topological polar surface area (TPSA) is 32.7 Å². The standard InChI is InChI=1S/C13H18BNO2/c1-10-3-5-11(6-4-10)13-7-12(8-17-13)15(9-13)14(2)16/h3-6,12,16H,7-9H2,1-2H3/t12?,13-/m0/s1. The summed E-state index contributed by atoms with van der Waals surface area (Å²) in [6.45, 7) is 5.47. The molecular weight excluding hydrogens is 213 g/mol. The summed E-state index contributed by atoms with van der Waals surface area (Å²) in [5, 5.41) is 9.75. The van der Waals surface area contributed by atoms with Gasteiger partial charge >= 0.3 is 7.05 Å². The first-order valence-electron chi connectivity index (χ1n) is 6.26. The van der Waals surface area contributed by atoms with Crippen LogP contribution >= 0.6 is 0 Å². The number of benzene rings is 1. The highest BCUT2D eigenvalue weighted by Crippen LogP contribution is 2.45. The van der Waals surface area contributed by atoms with Crippen LogP contribution in [-0.2, 0) is 10.3 Å². The molecule has 17 heavy (non-hydrogen) atoms. The highest BCUT2D eigenvalue weighted by molar-refractivity contribution is 6.45. The molecule has 2 fully saturated rings. The van der Waals surface area contributed by atoms with E-state index in [-0.39, 0.29) is 12.7 Å². The van der Waals surface area contributed by atoms with E-state index in [2.05, 4.69) is 36.0 Å². The van der Waals surface area contributed by atoms with Gasteiger partial charge in [-0.2, -0.15) is 0 Å². The Morgan fingerprint density at radius 2 is 2.12 bits per heavy atom. The largest absolute Gasteiger partial charge is 0.437 e. The van der Waals surface area contributed by atoms with Crippen molar-refractivity contribution < 1.29 is 9.76 Å². The summed E-state index contributed by atoms with van der Waals surface area (Å²) in [5.74, 6) is 0. The molecule has 2 atom stereocenters. The van der Waals surface area contributed by atoms with E-state index in [1.54, 1.807) is 0 Å². The van der Waals surface area contributed by atoms with E-state index in [0.717, 1.165) is 19.6 Å². The Morgan fingerprint density at radius 1 is 1.41 bits per heavy atom. The Hall–Kier alpha value is -0.835. The van der Waals surface area contributed by atoms with Gasteiger partial charge in [-0.1, -0.05) is 29.8 Å². The maximum absolute atomic E-state index is 9.75. The third kappa shape index (κ3) is 1.71. The van der Waals surface area contributed by atoms with Crippen molar-refractivity contribution in [1.29, 1.82) is 0 Å². The summed E-state index contributed by atoms with van der Waals surface area (Å²) in [4.78, 5) is 2.14. The molecule has 2 aliphatic rings. The summed E-state index contributed by atoms with van der Waals surface area (Å²) in [6, 6.07) is 8.95. The van der Waals surface area contributed by atoms with E-state index >= 15 is 0 Å². The van der Waals surface area contributed by atoms with Crippen molar-refractivity contribution in [2.45, 2.75) is 31.8 Å². The summed E-state index contributed by atoms with van der Waals surface area (Å²) in [7, 11) is -0.378. The highest BCUT2D eigenvalue weighted by atomic mass is 16.5. The van der Waals surface area contributed by atoms with Crippen LogP contribution in [0, 0.1) is 6.92 Å². The molecule has 1 unspecified atom stereocenters. The molecule has 2 heterocycles. The summed E-state index contributed by atoms with van der Waals surface area (Å²) < 4.78 is 5.99. The molecule has 2 bridgehead atoms. The fourth-order valence-electron chi connectivity index (χ4n) is 3.09. The Kier molecular flexibility index (Phi) is 2.54. The number of hydrogen-bond donors (Lipinski definition) is 1. The lowest BCUT2D eigenvalue weighted by molar-refractivity contribution is -0.0331. The zero-order chi connectivity index (χ0) is 12.0. The van der Waals surface area contributed by atoms with Crippen molar-refractivity contribution in [3.05, 3.63) is 35.4 Å². The molecule has 0 radical (unpaired) electrons. The van der Waals surface area contributed by atoms with Crippen LogP contribution in [0.15, 0.2) is 24.3 Å². The highest BCUT2D eigenvalue weighted by Gasteiger charge is 2.53. The zero-order valence-corrected chi connectivity index (χ0v) is 10.4. The second-order valence-corrected chi connectivity index (χ2v) is 5.33. The second-order valence-electron chi connectivity index (χ2n) is 5.33. The number of hydrogen-bond acceptors (Lipinski definition) is 3. The lowest BCUT2D eigenvalue weighted by Crippen LogP contribution is -2.48. The molecule has 0 aliphatic carbocycles. The van der Waals surface area contributed by atoms with Crippen molar-refractivity contribution in [1.82, 2.24) is 4.81 Å². The SMILES string of the molecule is CB(O)N1C[C@]2(c3ccc(C)cc3)CC1CO2. The monoisotopic (exact) mass is 231 g/mol. The van der Waals surface area contributed by atoms with Crippen LogP contribution < -0.4 is 0 Å². The molecule has 2 aliphatic heterocycles. The lowest BCUT2D eigenvalue weighted by atomic mass is 9.83. The minimum Gasteiger partial charge on any atom is -0.437 e. The van der Waals surface area contributed by atoms with E-state index < -0.39 is 0 Å². The molecule has 90 valence electrons. The second kappa shape index (κ2) is 3.84. The molecule has 3 nitrogen and oxygen atoms in total. The fourth-order valence-corrected chi connectivity index (χ4v) is 3.09. The van der Waals surface area contributed by atoms with Gasteiger partial charge in [0.1, 0.15) is 5.60 Å². The summed E-state index contributed by atoms with van der Waals surface area (Å²) >= 11 is 0. The first-order chi connectivity index (χ1) is 8.11. The van der Waals surface area contributed by atoms with Crippen LogP contribution in [0.3, 0.4) is 0 Å².